The Morgan fingerprint density at radius 3 is 2.41 bits per heavy atom. The van der Waals surface area contributed by atoms with Crippen LogP contribution in [0.2, 0.25) is 0 Å². The van der Waals surface area contributed by atoms with Crippen molar-refractivity contribution in [2.24, 2.45) is 0 Å². The number of hydrogen-bond donors (Lipinski definition) is 2. The zero-order chi connectivity index (χ0) is 19.9. The van der Waals surface area contributed by atoms with E-state index in [-0.39, 0.29) is 30.3 Å². The molecule has 3 rings (SSSR count). The number of methoxy groups -OCH3 is 1. The van der Waals surface area contributed by atoms with Crippen LogP contribution in [0.25, 0.3) is 0 Å². The van der Waals surface area contributed by atoms with Crippen molar-refractivity contribution in [3.05, 3.63) is 83.7 Å². The minimum atomic E-state index is -1.10. The summed E-state index contributed by atoms with van der Waals surface area (Å²) in [6.45, 7) is 0.189. The second-order valence-corrected chi connectivity index (χ2v) is 5.81. The highest BCUT2D eigenvalue weighted by Gasteiger charge is 2.14. The van der Waals surface area contributed by atoms with E-state index in [9.17, 15) is 14.7 Å². The second-order valence-electron chi connectivity index (χ2n) is 5.81. The lowest BCUT2D eigenvalue weighted by Crippen LogP contribution is -2.14. The fourth-order valence-electron chi connectivity index (χ4n) is 2.56. The molecule has 0 radical (unpaired) electrons. The van der Waals surface area contributed by atoms with Gasteiger partial charge in [0.2, 0.25) is 0 Å². The Kier molecular flexibility index (Phi) is 7.56. The standard InChI is InChI=1S/C21H18N2O5.ClH/c1-27-18-5-3-2-4-16(18)13-28-19-7-6-15(21(25)26)12-17(19)23-20(24)14-8-10-22-11-9-14;/h2-12H,13H2,1H3,(H,23,24)(H,25,26);1H. The van der Waals surface area contributed by atoms with Gasteiger partial charge in [-0.1, -0.05) is 18.2 Å². The van der Waals surface area contributed by atoms with Crippen LogP contribution in [0.4, 0.5) is 5.69 Å². The summed E-state index contributed by atoms with van der Waals surface area (Å²) in [4.78, 5) is 27.6. The number of pyridine rings is 1. The van der Waals surface area contributed by atoms with Crippen molar-refractivity contribution in [2.75, 3.05) is 12.4 Å². The third-order valence-electron chi connectivity index (χ3n) is 3.99. The van der Waals surface area contributed by atoms with Crippen LogP contribution in [0, 0.1) is 0 Å². The molecular formula is C21H19ClN2O5. The van der Waals surface area contributed by atoms with Gasteiger partial charge in [0.1, 0.15) is 18.1 Å². The van der Waals surface area contributed by atoms with E-state index in [0.29, 0.717) is 17.1 Å². The van der Waals surface area contributed by atoms with E-state index in [0.717, 1.165) is 5.56 Å². The largest absolute Gasteiger partial charge is 0.496 e. The van der Waals surface area contributed by atoms with Crippen molar-refractivity contribution in [1.29, 1.82) is 0 Å². The van der Waals surface area contributed by atoms with E-state index < -0.39 is 11.9 Å². The Morgan fingerprint density at radius 2 is 1.72 bits per heavy atom. The predicted octanol–water partition coefficient (Wildman–Crippen LogP) is 4.04. The van der Waals surface area contributed by atoms with Crippen molar-refractivity contribution in [3.63, 3.8) is 0 Å². The van der Waals surface area contributed by atoms with Crippen molar-refractivity contribution in [2.45, 2.75) is 6.61 Å². The van der Waals surface area contributed by atoms with Crippen LogP contribution in [-0.4, -0.2) is 29.1 Å². The number of hydrogen-bond acceptors (Lipinski definition) is 5. The highest BCUT2D eigenvalue weighted by molar-refractivity contribution is 6.05. The van der Waals surface area contributed by atoms with Gasteiger partial charge < -0.3 is 19.9 Å². The number of nitrogens with zero attached hydrogens (tertiary/aromatic N) is 1. The molecule has 0 saturated heterocycles. The predicted molar refractivity (Wildman–Crippen MR) is 110 cm³/mol. The number of ether oxygens (including phenoxy) is 2. The molecule has 8 heteroatoms. The lowest BCUT2D eigenvalue weighted by atomic mass is 10.1. The number of nitrogens with one attached hydrogen (secondary N) is 1. The molecular weight excluding hydrogens is 396 g/mol. The molecule has 0 bridgehead atoms. The first-order valence-electron chi connectivity index (χ1n) is 8.42. The molecule has 0 unspecified atom stereocenters. The summed E-state index contributed by atoms with van der Waals surface area (Å²) >= 11 is 0. The van der Waals surface area contributed by atoms with Crippen LogP contribution in [0.1, 0.15) is 26.3 Å². The topological polar surface area (TPSA) is 97.8 Å². The molecule has 1 aromatic heterocycles. The van der Waals surface area contributed by atoms with Gasteiger partial charge in [-0.3, -0.25) is 9.78 Å². The fourth-order valence-corrected chi connectivity index (χ4v) is 2.56. The van der Waals surface area contributed by atoms with Gasteiger partial charge in [-0.2, -0.15) is 0 Å². The van der Waals surface area contributed by atoms with Gasteiger partial charge in [0.15, 0.2) is 0 Å². The van der Waals surface area contributed by atoms with Gasteiger partial charge in [-0.15, -0.1) is 12.4 Å². The van der Waals surface area contributed by atoms with Crippen LogP contribution in [-0.2, 0) is 6.61 Å². The van der Waals surface area contributed by atoms with E-state index in [1.165, 1.54) is 30.6 Å². The second kappa shape index (κ2) is 10.1. The summed E-state index contributed by atoms with van der Waals surface area (Å²) in [5.41, 5.74) is 1.51. The minimum Gasteiger partial charge on any atom is -0.496 e. The lowest BCUT2D eigenvalue weighted by molar-refractivity contribution is 0.0696. The summed E-state index contributed by atoms with van der Waals surface area (Å²) in [6, 6.07) is 14.8. The monoisotopic (exact) mass is 414 g/mol. The molecule has 3 aromatic rings. The molecule has 0 aliphatic heterocycles. The number of para-hydroxylation sites is 1. The van der Waals surface area contributed by atoms with Crippen molar-refractivity contribution in [3.8, 4) is 11.5 Å². The first-order valence-corrected chi connectivity index (χ1v) is 8.42. The molecule has 0 aliphatic rings. The van der Waals surface area contributed by atoms with E-state index in [1.807, 2.05) is 24.3 Å². The van der Waals surface area contributed by atoms with Gasteiger partial charge in [-0.05, 0) is 36.4 Å². The molecule has 0 fully saturated rings. The normalized spacial score (nSPS) is 9.83. The molecule has 7 nitrogen and oxygen atoms in total. The van der Waals surface area contributed by atoms with Gasteiger partial charge in [0.25, 0.3) is 5.91 Å². The summed E-state index contributed by atoms with van der Waals surface area (Å²) in [6.07, 6.45) is 3.00. The number of carboxylic acids is 1. The molecule has 0 atom stereocenters. The quantitative estimate of drug-likeness (QED) is 0.605. The number of halogens is 1. The Hall–Kier alpha value is -3.58. The molecule has 2 N–H and O–H groups in total. The molecule has 0 spiro atoms. The Balaban J connectivity index is 0.00000300. The van der Waals surface area contributed by atoms with Crippen molar-refractivity contribution >= 4 is 30.0 Å². The molecule has 2 aromatic carbocycles. The number of aromatic nitrogens is 1. The van der Waals surface area contributed by atoms with Crippen LogP contribution >= 0.6 is 12.4 Å². The number of aromatic carboxylic acids is 1. The maximum absolute atomic E-state index is 12.5. The summed E-state index contributed by atoms with van der Waals surface area (Å²) in [5.74, 6) is -0.479. The maximum Gasteiger partial charge on any atom is 0.335 e. The average Bonchev–Trinajstić information content (AvgIpc) is 2.73. The zero-order valence-corrected chi connectivity index (χ0v) is 16.3. The number of rotatable bonds is 7. The van der Waals surface area contributed by atoms with E-state index in [1.54, 1.807) is 19.2 Å². The number of benzene rings is 2. The SMILES string of the molecule is COc1ccccc1COc1ccc(C(=O)O)cc1NC(=O)c1ccncc1.Cl. The number of carboxylic acid groups (broad SMARTS) is 1. The number of anilines is 1. The lowest BCUT2D eigenvalue weighted by Gasteiger charge is -2.15. The van der Waals surface area contributed by atoms with E-state index >= 15 is 0 Å². The van der Waals surface area contributed by atoms with Crippen LogP contribution in [0.5, 0.6) is 11.5 Å². The third kappa shape index (κ3) is 5.46. The first kappa shape index (κ1) is 21.7. The summed E-state index contributed by atoms with van der Waals surface area (Å²) in [7, 11) is 1.57. The number of carbonyl (C=O) groups excluding carboxylic acids is 1. The third-order valence-corrected chi connectivity index (χ3v) is 3.99. The molecule has 0 aliphatic carbocycles. The minimum absolute atomic E-state index is 0. The average molecular weight is 415 g/mol. The molecule has 1 heterocycles. The molecule has 1 amide bonds. The van der Waals surface area contributed by atoms with Crippen molar-refractivity contribution in [1.82, 2.24) is 4.98 Å². The van der Waals surface area contributed by atoms with E-state index in [4.69, 9.17) is 9.47 Å². The fraction of sp³-hybridized carbons (Fsp3) is 0.0952. The Morgan fingerprint density at radius 1 is 1.00 bits per heavy atom. The number of amides is 1. The summed E-state index contributed by atoms with van der Waals surface area (Å²) in [5, 5.41) is 11.9. The maximum atomic E-state index is 12.5. The molecule has 0 saturated carbocycles. The number of carbonyl (C=O) groups is 2. The highest BCUT2D eigenvalue weighted by atomic mass is 35.5. The van der Waals surface area contributed by atoms with Gasteiger partial charge in [-0.25, -0.2) is 4.79 Å². The van der Waals surface area contributed by atoms with E-state index in [2.05, 4.69) is 10.3 Å². The van der Waals surface area contributed by atoms with Crippen molar-refractivity contribution < 1.29 is 24.2 Å². The molecule has 150 valence electrons. The Bertz CT molecular complexity index is 995. The highest BCUT2D eigenvalue weighted by Crippen LogP contribution is 2.29. The van der Waals surface area contributed by atoms with Crippen LogP contribution in [0.3, 0.4) is 0 Å². The summed E-state index contributed by atoms with van der Waals surface area (Å²) < 4.78 is 11.1. The van der Waals surface area contributed by atoms with Gasteiger partial charge >= 0.3 is 5.97 Å². The first-order chi connectivity index (χ1) is 13.6. The zero-order valence-electron chi connectivity index (χ0n) is 15.5. The smallest absolute Gasteiger partial charge is 0.335 e. The van der Waals surface area contributed by atoms with Gasteiger partial charge in [0.05, 0.1) is 18.4 Å². The van der Waals surface area contributed by atoms with Crippen LogP contribution < -0.4 is 14.8 Å². The van der Waals surface area contributed by atoms with Crippen LogP contribution in [0.15, 0.2) is 67.0 Å². The Labute approximate surface area is 173 Å². The van der Waals surface area contributed by atoms with Gasteiger partial charge in [0, 0.05) is 23.5 Å². The molecule has 29 heavy (non-hydrogen) atoms.